The fourth-order valence-electron chi connectivity index (χ4n) is 0.369. The Morgan fingerprint density at radius 3 is 2.27 bits per heavy atom. The predicted molar refractivity (Wildman–Crippen MR) is 49.4 cm³/mol. The monoisotopic (exact) mass is 154 g/mol. The average Bonchev–Trinajstić information content (AvgIpc) is 1.85. The number of hydrogen-bond acceptors (Lipinski definition) is 2. The van der Waals surface area contributed by atoms with Crippen LogP contribution in [0.25, 0.3) is 0 Å². The molecule has 0 N–H and O–H groups in total. The Morgan fingerprint density at radius 2 is 1.91 bits per heavy atom. The predicted octanol–water partition coefficient (Wildman–Crippen LogP) is 2.76. The first-order valence-electron chi connectivity index (χ1n) is 4.12. The van der Waals surface area contributed by atoms with Crippen LogP contribution in [-0.4, -0.2) is 17.6 Å². The summed E-state index contributed by atoms with van der Waals surface area (Å²) < 4.78 is 0. The second-order valence-corrected chi connectivity index (χ2v) is 3.77. The Bertz CT molecular complexity index is 159. The Hall–Kier alpha value is -0.620. The van der Waals surface area contributed by atoms with Gasteiger partial charge >= 0.3 is 0 Å². The maximum absolute atomic E-state index is 4.13. The largest absolute Gasteiger partial charge is 0.223 e. The normalized spacial score (nSPS) is 13.5. The quantitative estimate of drug-likeness (QED) is 0.546. The van der Waals surface area contributed by atoms with Crippen LogP contribution in [0.4, 0.5) is 0 Å². The van der Waals surface area contributed by atoms with Gasteiger partial charge in [-0.1, -0.05) is 6.92 Å². The van der Waals surface area contributed by atoms with Crippen molar-refractivity contribution in [3.8, 4) is 0 Å². The van der Waals surface area contributed by atoms with E-state index in [1.807, 2.05) is 20.8 Å². The molecule has 0 aliphatic heterocycles. The summed E-state index contributed by atoms with van der Waals surface area (Å²) in [4.78, 5) is 8.24. The lowest BCUT2D eigenvalue weighted by atomic mass is 10.1. The number of nitrogens with zero attached hydrogens (tertiary/aromatic N) is 2. The lowest BCUT2D eigenvalue weighted by molar-refractivity contribution is 0.585. The van der Waals surface area contributed by atoms with Gasteiger partial charge in [0.2, 0.25) is 0 Å². The van der Waals surface area contributed by atoms with Gasteiger partial charge in [-0.3, -0.25) is 0 Å². The lowest BCUT2D eigenvalue weighted by Gasteiger charge is -2.07. The van der Waals surface area contributed by atoms with Gasteiger partial charge in [-0.05, 0) is 34.1 Å². The topological polar surface area (TPSA) is 24.7 Å². The van der Waals surface area contributed by atoms with Gasteiger partial charge in [-0.15, -0.1) is 0 Å². The molecular weight excluding hydrogens is 136 g/mol. The van der Waals surface area contributed by atoms with Gasteiger partial charge in [0, 0.05) is 0 Å². The minimum absolute atomic E-state index is 0.0447. The molecule has 0 radical (unpaired) electrons. The first-order valence-corrected chi connectivity index (χ1v) is 4.12. The van der Waals surface area contributed by atoms with E-state index in [1.165, 1.54) is 0 Å². The molecule has 0 aliphatic carbocycles. The van der Waals surface area contributed by atoms with E-state index < -0.39 is 0 Å². The molecule has 2 heteroatoms. The molecule has 64 valence electrons. The molecule has 0 saturated carbocycles. The van der Waals surface area contributed by atoms with E-state index in [2.05, 4.69) is 29.8 Å². The van der Waals surface area contributed by atoms with E-state index in [0.29, 0.717) is 6.04 Å². The van der Waals surface area contributed by atoms with Crippen molar-refractivity contribution < 1.29 is 0 Å². The number of aliphatic imine (C=N–C) groups is 2. The Morgan fingerprint density at radius 1 is 1.36 bits per heavy atom. The molecule has 0 aromatic heterocycles. The maximum atomic E-state index is 4.13. The highest BCUT2D eigenvalue weighted by molar-refractivity contribution is 5.42. The van der Waals surface area contributed by atoms with Gasteiger partial charge in [0.05, 0.1) is 17.6 Å². The highest BCUT2D eigenvalue weighted by Crippen LogP contribution is 2.03. The van der Waals surface area contributed by atoms with Crippen LogP contribution in [0.2, 0.25) is 0 Å². The van der Waals surface area contributed by atoms with Crippen molar-refractivity contribution in [3.05, 3.63) is 0 Å². The van der Waals surface area contributed by atoms with Crippen molar-refractivity contribution in [2.45, 2.75) is 52.6 Å². The second-order valence-electron chi connectivity index (χ2n) is 3.77. The molecule has 0 aromatic carbocycles. The molecule has 1 atom stereocenters. The van der Waals surface area contributed by atoms with Gasteiger partial charge in [-0.25, -0.2) is 9.98 Å². The van der Waals surface area contributed by atoms with Crippen LogP contribution >= 0.6 is 0 Å². The summed E-state index contributed by atoms with van der Waals surface area (Å²) in [5.41, 5.74) is -0.0447. The van der Waals surface area contributed by atoms with Crippen LogP contribution in [0.3, 0.4) is 0 Å². The molecule has 0 saturated heterocycles. The number of rotatable bonds is 2. The molecule has 0 aromatic rings. The van der Waals surface area contributed by atoms with Crippen LogP contribution in [0.1, 0.15) is 41.0 Å². The smallest absolute Gasteiger partial charge is 0.0900 e. The van der Waals surface area contributed by atoms with Crippen LogP contribution in [0.15, 0.2) is 9.98 Å². The fourth-order valence-corrected chi connectivity index (χ4v) is 0.369. The third-order valence-corrected chi connectivity index (χ3v) is 1.25. The van der Waals surface area contributed by atoms with Crippen LogP contribution in [0, 0.1) is 0 Å². The minimum atomic E-state index is -0.0447. The van der Waals surface area contributed by atoms with Crippen LogP contribution < -0.4 is 0 Å². The molecule has 0 rings (SSSR count). The number of hydrogen-bond donors (Lipinski definition) is 0. The molecule has 2 nitrogen and oxygen atoms in total. The first-order chi connectivity index (χ1) is 4.95. The maximum Gasteiger partial charge on any atom is 0.0900 e. The van der Waals surface area contributed by atoms with Gasteiger partial charge in [0.15, 0.2) is 0 Å². The molecule has 0 amide bonds. The summed E-state index contributed by atoms with van der Waals surface area (Å²) in [6.07, 6.45) is 1.05. The van der Waals surface area contributed by atoms with Crippen molar-refractivity contribution in [2.24, 2.45) is 9.98 Å². The average molecular weight is 154 g/mol. The highest BCUT2D eigenvalue weighted by Gasteiger charge is 2.04. The Kier molecular flexibility index (Phi) is 4.06. The summed E-state index contributed by atoms with van der Waals surface area (Å²) >= 11 is 0. The van der Waals surface area contributed by atoms with Gasteiger partial charge < -0.3 is 0 Å². The zero-order valence-corrected chi connectivity index (χ0v) is 8.18. The first kappa shape index (κ1) is 10.4. The molecule has 0 bridgehead atoms. The third-order valence-electron chi connectivity index (χ3n) is 1.25. The summed E-state index contributed by atoms with van der Waals surface area (Å²) in [7, 11) is 0. The van der Waals surface area contributed by atoms with Gasteiger partial charge in [-0.2, -0.15) is 0 Å². The van der Waals surface area contributed by atoms with E-state index >= 15 is 0 Å². The molecule has 0 heterocycles. The van der Waals surface area contributed by atoms with Crippen molar-refractivity contribution in [2.75, 3.05) is 0 Å². The molecular formula is C9H18N2. The standard InChI is InChI=1S/C9H18N2/c1-6-8(2)10-7-11-9(3,4)5/h8H,6H2,1-5H3. The van der Waals surface area contributed by atoms with E-state index in [1.54, 1.807) is 0 Å². The van der Waals surface area contributed by atoms with E-state index in [4.69, 9.17) is 0 Å². The molecule has 1 unspecified atom stereocenters. The lowest BCUT2D eigenvalue weighted by Crippen LogP contribution is -2.08. The van der Waals surface area contributed by atoms with E-state index in [0.717, 1.165) is 6.42 Å². The summed E-state index contributed by atoms with van der Waals surface area (Å²) in [6, 6.07) is 3.07. The van der Waals surface area contributed by atoms with Crippen molar-refractivity contribution >= 4 is 6.01 Å². The van der Waals surface area contributed by atoms with Gasteiger partial charge in [0.25, 0.3) is 0 Å². The SMILES string of the molecule is CCC(C)N=C=NC(C)(C)C. The van der Waals surface area contributed by atoms with E-state index in [-0.39, 0.29) is 5.54 Å². The summed E-state index contributed by atoms with van der Waals surface area (Å²) in [5.74, 6) is 0. The molecule has 0 aliphatic rings. The van der Waals surface area contributed by atoms with Crippen molar-refractivity contribution in [3.63, 3.8) is 0 Å². The van der Waals surface area contributed by atoms with Crippen molar-refractivity contribution in [1.82, 2.24) is 0 Å². The van der Waals surface area contributed by atoms with Crippen LogP contribution in [0.5, 0.6) is 0 Å². The molecule has 11 heavy (non-hydrogen) atoms. The van der Waals surface area contributed by atoms with Crippen LogP contribution in [-0.2, 0) is 0 Å². The fraction of sp³-hybridized carbons (Fsp3) is 0.889. The summed E-state index contributed by atoms with van der Waals surface area (Å²) in [5, 5.41) is 0. The van der Waals surface area contributed by atoms with Crippen molar-refractivity contribution in [1.29, 1.82) is 0 Å². The molecule has 0 fully saturated rings. The molecule has 0 spiro atoms. The Labute approximate surface area is 69.4 Å². The Balaban J connectivity index is 4.01. The minimum Gasteiger partial charge on any atom is -0.223 e. The second kappa shape index (κ2) is 4.30. The van der Waals surface area contributed by atoms with Gasteiger partial charge in [0.1, 0.15) is 0 Å². The van der Waals surface area contributed by atoms with E-state index in [9.17, 15) is 0 Å². The highest BCUT2D eigenvalue weighted by atomic mass is 14.9. The summed E-state index contributed by atoms with van der Waals surface area (Å²) in [6.45, 7) is 10.3. The third kappa shape index (κ3) is 7.27. The zero-order chi connectivity index (χ0) is 8.91. The zero-order valence-electron chi connectivity index (χ0n) is 8.18.